The minimum atomic E-state index is -0.480. The molecule has 0 saturated heterocycles. The van der Waals surface area contributed by atoms with E-state index in [1.54, 1.807) is 0 Å². The predicted octanol–water partition coefficient (Wildman–Crippen LogP) is 4.01. The molecule has 7 nitrogen and oxygen atoms in total. The highest BCUT2D eigenvalue weighted by molar-refractivity contribution is 5.92. The van der Waals surface area contributed by atoms with E-state index < -0.39 is 4.92 Å². The Morgan fingerprint density at radius 3 is 1.97 bits per heavy atom. The maximum absolute atomic E-state index is 12.8. The monoisotopic (exact) mass is 419 g/mol. The van der Waals surface area contributed by atoms with Crippen LogP contribution in [0.2, 0.25) is 0 Å². The van der Waals surface area contributed by atoms with Crippen molar-refractivity contribution in [2.45, 2.75) is 12.5 Å². The van der Waals surface area contributed by atoms with E-state index >= 15 is 0 Å². The smallest absolute Gasteiger partial charge is 0.269 e. The van der Waals surface area contributed by atoms with Gasteiger partial charge >= 0.3 is 0 Å². The van der Waals surface area contributed by atoms with E-state index in [2.05, 4.69) is 5.32 Å². The first-order valence-corrected chi connectivity index (χ1v) is 10.1. The first-order valence-electron chi connectivity index (χ1n) is 10.1. The van der Waals surface area contributed by atoms with Gasteiger partial charge in [-0.15, -0.1) is 0 Å². The Bertz CT molecular complexity index is 939. The van der Waals surface area contributed by atoms with Crippen molar-refractivity contribution in [2.24, 2.45) is 0 Å². The molecule has 3 aromatic carbocycles. The number of amides is 1. The topological polar surface area (TPSA) is 95.7 Å². The number of aliphatic hydroxyl groups is 1. The summed E-state index contributed by atoms with van der Waals surface area (Å²) in [5.41, 5.74) is 2.56. The van der Waals surface area contributed by atoms with Gasteiger partial charge in [0.1, 0.15) is 0 Å². The first-order chi connectivity index (χ1) is 15.1. The normalized spacial score (nSPS) is 10.9. The second-order valence-electron chi connectivity index (χ2n) is 7.12. The molecular formula is C24H25N3O4. The van der Waals surface area contributed by atoms with Crippen molar-refractivity contribution >= 4 is 17.3 Å². The number of nitro groups is 1. The van der Waals surface area contributed by atoms with Crippen molar-refractivity contribution in [3.63, 3.8) is 0 Å². The van der Waals surface area contributed by atoms with Gasteiger partial charge in [0.15, 0.2) is 0 Å². The molecular weight excluding hydrogens is 394 g/mol. The van der Waals surface area contributed by atoms with Crippen LogP contribution in [0.4, 0.5) is 11.4 Å². The summed E-state index contributed by atoms with van der Waals surface area (Å²) in [5, 5.41) is 23.0. The molecule has 0 aliphatic carbocycles. The number of benzene rings is 3. The van der Waals surface area contributed by atoms with E-state index in [0.29, 0.717) is 18.7 Å². The maximum Gasteiger partial charge on any atom is 0.269 e. The number of anilines is 1. The summed E-state index contributed by atoms with van der Waals surface area (Å²) in [7, 11) is 0. The van der Waals surface area contributed by atoms with Crippen LogP contribution in [0, 0.1) is 10.1 Å². The molecule has 0 spiro atoms. The number of non-ortho nitro benzene ring substituents is 1. The zero-order valence-electron chi connectivity index (χ0n) is 17.1. The number of carbonyl (C=O) groups excluding carboxylic acids is 1. The zero-order valence-corrected chi connectivity index (χ0v) is 17.1. The highest BCUT2D eigenvalue weighted by Crippen LogP contribution is 2.28. The molecule has 7 heteroatoms. The standard InChI is InChI=1S/C24H25N3O4/c28-17-7-16-26(18-23(29)25-21-12-14-22(15-13-21)27(30)31)24(19-8-3-1-4-9-19)20-10-5-2-6-11-20/h1-6,8-15,24,28H,7,16-18H2,(H,25,29). The molecule has 0 aliphatic heterocycles. The lowest BCUT2D eigenvalue weighted by Gasteiger charge is -2.32. The second-order valence-corrected chi connectivity index (χ2v) is 7.12. The molecule has 0 saturated carbocycles. The van der Waals surface area contributed by atoms with Gasteiger partial charge in [-0.25, -0.2) is 0 Å². The van der Waals surface area contributed by atoms with Crippen LogP contribution in [0.1, 0.15) is 23.6 Å². The van der Waals surface area contributed by atoms with Crippen molar-refractivity contribution in [3.05, 3.63) is 106 Å². The summed E-state index contributed by atoms with van der Waals surface area (Å²) in [6.45, 7) is 0.654. The number of aliphatic hydroxyl groups excluding tert-OH is 1. The fraction of sp³-hybridized carbons (Fsp3) is 0.208. The molecule has 0 heterocycles. The second kappa shape index (κ2) is 11.0. The van der Waals surface area contributed by atoms with Gasteiger partial charge in [-0.1, -0.05) is 60.7 Å². The number of carbonyl (C=O) groups is 1. The third-order valence-corrected chi connectivity index (χ3v) is 4.91. The van der Waals surface area contributed by atoms with Crippen LogP contribution in [0.25, 0.3) is 0 Å². The van der Waals surface area contributed by atoms with Gasteiger partial charge < -0.3 is 10.4 Å². The Hall–Kier alpha value is -3.55. The fourth-order valence-corrected chi connectivity index (χ4v) is 3.51. The summed E-state index contributed by atoms with van der Waals surface area (Å²) in [4.78, 5) is 25.2. The number of rotatable bonds is 10. The molecule has 0 atom stereocenters. The van der Waals surface area contributed by atoms with Gasteiger partial charge in [-0.05, 0) is 29.7 Å². The molecule has 0 unspecified atom stereocenters. The molecule has 2 N–H and O–H groups in total. The minimum Gasteiger partial charge on any atom is -0.396 e. The van der Waals surface area contributed by atoms with Gasteiger partial charge in [0.2, 0.25) is 5.91 Å². The van der Waals surface area contributed by atoms with E-state index in [0.717, 1.165) is 11.1 Å². The average Bonchev–Trinajstić information content (AvgIpc) is 2.79. The van der Waals surface area contributed by atoms with E-state index in [1.165, 1.54) is 24.3 Å². The summed E-state index contributed by atoms with van der Waals surface area (Å²) in [5.74, 6) is -0.233. The third kappa shape index (κ3) is 6.21. The predicted molar refractivity (Wildman–Crippen MR) is 120 cm³/mol. The van der Waals surface area contributed by atoms with Crippen LogP contribution in [0.3, 0.4) is 0 Å². The van der Waals surface area contributed by atoms with E-state index in [4.69, 9.17) is 0 Å². The van der Waals surface area contributed by atoms with Gasteiger partial charge in [0, 0.05) is 31.0 Å². The van der Waals surface area contributed by atoms with Crippen LogP contribution >= 0.6 is 0 Å². The molecule has 0 radical (unpaired) electrons. The minimum absolute atomic E-state index is 0.0246. The molecule has 31 heavy (non-hydrogen) atoms. The van der Waals surface area contributed by atoms with Gasteiger partial charge in [-0.3, -0.25) is 19.8 Å². The quantitative estimate of drug-likeness (QED) is 0.382. The van der Waals surface area contributed by atoms with Crippen LogP contribution < -0.4 is 5.32 Å². The van der Waals surface area contributed by atoms with Crippen LogP contribution in [-0.4, -0.2) is 40.5 Å². The van der Waals surface area contributed by atoms with Gasteiger partial charge in [0.05, 0.1) is 17.5 Å². The molecule has 0 bridgehead atoms. The Balaban J connectivity index is 1.82. The third-order valence-electron chi connectivity index (χ3n) is 4.91. The van der Waals surface area contributed by atoms with E-state index in [9.17, 15) is 20.0 Å². The lowest BCUT2D eigenvalue weighted by molar-refractivity contribution is -0.384. The SMILES string of the molecule is O=C(CN(CCCO)C(c1ccccc1)c1ccccc1)Nc1ccc([N+](=O)[O-])cc1. The summed E-state index contributed by atoms with van der Waals surface area (Å²) >= 11 is 0. The van der Waals surface area contributed by atoms with Crippen molar-refractivity contribution in [1.29, 1.82) is 0 Å². The van der Waals surface area contributed by atoms with Crippen LogP contribution in [0.15, 0.2) is 84.9 Å². The maximum atomic E-state index is 12.8. The van der Waals surface area contributed by atoms with E-state index in [1.807, 2.05) is 65.6 Å². The van der Waals surface area contributed by atoms with Crippen molar-refractivity contribution < 1.29 is 14.8 Å². The molecule has 0 fully saturated rings. The number of nitrogens with zero attached hydrogens (tertiary/aromatic N) is 2. The summed E-state index contributed by atoms with van der Waals surface area (Å²) < 4.78 is 0. The average molecular weight is 419 g/mol. The van der Waals surface area contributed by atoms with Crippen LogP contribution in [0.5, 0.6) is 0 Å². The lowest BCUT2D eigenvalue weighted by Crippen LogP contribution is -2.37. The number of nitro benzene ring substituents is 1. The number of hydrogen-bond donors (Lipinski definition) is 2. The largest absolute Gasteiger partial charge is 0.396 e. The van der Waals surface area contributed by atoms with Gasteiger partial charge in [0.25, 0.3) is 5.69 Å². The molecule has 160 valence electrons. The number of nitrogens with one attached hydrogen (secondary N) is 1. The Kier molecular flexibility index (Phi) is 7.86. The van der Waals surface area contributed by atoms with Crippen molar-refractivity contribution in [3.8, 4) is 0 Å². The molecule has 3 aromatic rings. The van der Waals surface area contributed by atoms with E-state index in [-0.39, 0.29) is 30.8 Å². The van der Waals surface area contributed by atoms with Crippen molar-refractivity contribution in [1.82, 2.24) is 4.90 Å². The Morgan fingerprint density at radius 2 is 1.48 bits per heavy atom. The fourth-order valence-electron chi connectivity index (χ4n) is 3.51. The molecule has 0 aromatic heterocycles. The van der Waals surface area contributed by atoms with Gasteiger partial charge in [-0.2, -0.15) is 0 Å². The zero-order chi connectivity index (χ0) is 22.1. The first kappa shape index (κ1) is 22.1. The Morgan fingerprint density at radius 1 is 0.935 bits per heavy atom. The number of hydrogen-bond acceptors (Lipinski definition) is 5. The summed E-state index contributed by atoms with van der Waals surface area (Å²) in [6, 6.07) is 25.4. The highest BCUT2D eigenvalue weighted by Gasteiger charge is 2.24. The molecule has 1 amide bonds. The Labute approximate surface area is 181 Å². The van der Waals surface area contributed by atoms with Crippen LogP contribution in [-0.2, 0) is 4.79 Å². The van der Waals surface area contributed by atoms with Crippen molar-refractivity contribution in [2.75, 3.05) is 25.0 Å². The molecule has 0 aliphatic rings. The molecule has 3 rings (SSSR count). The highest BCUT2D eigenvalue weighted by atomic mass is 16.6. The summed E-state index contributed by atoms with van der Waals surface area (Å²) in [6.07, 6.45) is 0.529. The lowest BCUT2D eigenvalue weighted by atomic mass is 9.96.